The van der Waals surface area contributed by atoms with Crippen LogP contribution in [0.25, 0.3) is 0 Å². The average molecular weight is 203 g/mol. The minimum absolute atomic E-state index is 0.522. The maximum atomic E-state index is 10.7. The van der Waals surface area contributed by atoms with Crippen LogP contribution in [0, 0.1) is 0 Å². The van der Waals surface area contributed by atoms with Crippen molar-refractivity contribution in [1.82, 2.24) is 5.32 Å². The lowest BCUT2D eigenvalue weighted by Crippen LogP contribution is -2.46. The SMILES string of the molecule is OC1(c2ccccc2)C[C@@H]2CC[C@@H](C1)N2. The third-order valence-corrected chi connectivity index (χ3v) is 3.81. The van der Waals surface area contributed by atoms with E-state index in [1.165, 1.54) is 12.8 Å². The number of nitrogens with one attached hydrogen (secondary N) is 1. The minimum Gasteiger partial charge on any atom is -0.385 e. The molecule has 2 saturated heterocycles. The molecule has 2 heterocycles. The van der Waals surface area contributed by atoms with Crippen LogP contribution in [0.1, 0.15) is 31.2 Å². The number of aliphatic hydroxyl groups is 1. The third-order valence-electron chi connectivity index (χ3n) is 3.81. The van der Waals surface area contributed by atoms with E-state index in [-0.39, 0.29) is 0 Å². The summed E-state index contributed by atoms with van der Waals surface area (Å²) in [6.45, 7) is 0. The molecule has 2 aliphatic rings. The van der Waals surface area contributed by atoms with E-state index in [9.17, 15) is 5.11 Å². The van der Waals surface area contributed by atoms with E-state index >= 15 is 0 Å². The van der Waals surface area contributed by atoms with Gasteiger partial charge in [-0.1, -0.05) is 30.3 Å². The Balaban J connectivity index is 1.91. The topological polar surface area (TPSA) is 32.3 Å². The van der Waals surface area contributed by atoms with Crippen molar-refractivity contribution in [3.63, 3.8) is 0 Å². The molecule has 0 aliphatic carbocycles. The van der Waals surface area contributed by atoms with Crippen LogP contribution in [0.15, 0.2) is 30.3 Å². The average Bonchev–Trinajstić information content (AvgIpc) is 2.60. The highest BCUT2D eigenvalue weighted by Gasteiger charge is 2.43. The van der Waals surface area contributed by atoms with Gasteiger partial charge in [0.15, 0.2) is 0 Å². The standard InChI is InChI=1S/C13H17NO/c15-13(10-4-2-1-3-5-10)8-11-6-7-12(9-13)14-11/h1-5,11-12,14-15H,6-9H2/t11-,12-/m0/s1. The highest BCUT2D eigenvalue weighted by atomic mass is 16.3. The van der Waals surface area contributed by atoms with Crippen molar-refractivity contribution in [2.75, 3.05) is 0 Å². The van der Waals surface area contributed by atoms with Crippen LogP contribution in [0.4, 0.5) is 0 Å². The van der Waals surface area contributed by atoms with E-state index in [4.69, 9.17) is 0 Å². The number of hydrogen-bond acceptors (Lipinski definition) is 2. The van der Waals surface area contributed by atoms with Crippen LogP contribution in [-0.2, 0) is 5.60 Å². The summed E-state index contributed by atoms with van der Waals surface area (Å²) in [6, 6.07) is 11.2. The number of hydrogen-bond donors (Lipinski definition) is 2. The Kier molecular flexibility index (Phi) is 2.08. The Bertz CT molecular complexity index is 337. The Morgan fingerprint density at radius 3 is 2.27 bits per heavy atom. The van der Waals surface area contributed by atoms with Crippen molar-refractivity contribution in [2.24, 2.45) is 0 Å². The minimum atomic E-state index is -0.585. The number of benzene rings is 1. The molecule has 2 atom stereocenters. The van der Waals surface area contributed by atoms with Crippen LogP contribution in [0.5, 0.6) is 0 Å². The molecule has 2 nitrogen and oxygen atoms in total. The van der Waals surface area contributed by atoms with Crippen LogP contribution in [0.2, 0.25) is 0 Å². The molecule has 15 heavy (non-hydrogen) atoms. The van der Waals surface area contributed by atoms with Crippen molar-refractivity contribution >= 4 is 0 Å². The summed E-state index contributed by atoms with van der Waals surface area (Å²) in [5.41, 5.74) is 0.502. The van der Waals surface area contributed by atoms with Gasteiger partial charge in [0.2, 0.25) is 0 Å². The van der Waals surface area contributed by atoms with Crippen molar-refractivity contribution < 1.29 is 5.11 Å². The van der Waals surface area contributed by atoms with E-state index < -0.39 is 5.60 Å². The Morgan fingerprint density at radius 2 is 1.67 bits per heavy atom. The maximum Gasteiger partial charge on any atom is 0.0926 e. The van der Waals surface area contributed by atoms with Gasteiger partial charge >= 0.3 is 0 Å². The fraction of sp³-hybridized carbons (Fsp3) is 0.538. The molecule has 2 bridgehead atoms. The molecule has 3 rings (SSSR count). The lowest BCUT2D eigenvalue weighted by molar-refractivity contribution is -0.0114. The summed E-state index contributed by atoms with van der Waals surface area (Å²) in [6.07, 6.45) is 4.18. The van der Waals surface area contributed by atoms with Crippen LogP contribution in [0.3, 0.4) is 0 Å². The molecule has 0 saturated carbocycles. The van der Waals surface area contributed by atoms with Gasteiger partial charge in [-0.3, -0.25) is 0 Å². The lowest BCUT2D eigenvalue weighted by Gasteiger charge is -2.37. The molecule has 0 unspecified atom stereocenters. The molecule has 2 aliphatic heterocycles. The molecule has 2 N–H and O–H groups in total. The maximum absolute atomic E-state index is 10.7. The van der Waals surface area contributed by atoms with Crippen molar-refractivity contribution in [3.05, 3.63) is 35.9 Å². The summed E-state index contributed by atoms with van der Waals surface area (Å²) >= 11 is 0. The van der Waals surface area contributed by atoms with E-state index in [2.05, 4.69) is 5.32 Å². The molecule has 0 amide bonds. The molecule has 0 spiro atoms. The van der Waals surface area contributed by atoms with E-state index in [0.29, 0.717) is 12.1 Å². The van der Waals surface area contributed by atoms with Gasteiger partial charge in [-0.15, -0.1) is 0 Å². The van der Waals surface area contributed by atoms with E-state index in [1.54, 1.807) is 0 Å². The summed E-state index contributed by atoms with van der Waals surface area (Å²) in [7, 11) is 0. The third kappa shape index (κ3) is 1.58. The van der Waals surface area contributed by atoms with Gasteiger partial charge in [-0.2, -0.15) is 0 Å². The predicted octanol–water partition coefficient (Wildman–Crippen LogP) is 1.79. The molecule has 1 aromatic rings. The van der Waals surface area contributed by atoms with Gasteiger partial charge in [0.05, 0.1) is 5.60 Å². The highest BCUT2D eigenvalue weighted by molar-refractivity contribution is 5.24. The van der Waals surface area contributed by atoms with E-state index in [0.717, 1.165) is 18.4 Å². The normalized spacial score (nSPS) is 39.3. The fourth-order valence-corrected chi connectivity index (χ4v) is 3.11. The Morgan fingerprint density at radius 1 is 1.07 bits per heavy atom. The summed E-state index contributed by atoms with van der Waals surface area (Å²) < 4.78 is 0. The van der Waals surface area contributed by atoms with Crippen LogP contribution < -0.4 is 5.32 Å². The largest absolute Gasteiger partial charge is 0.385 e. The number of fused-ring (bicyclic) bond motifs is 2. The molecule has 1 aromatic carbocycles. The van der Waals surface area contributed by atoms with Crippen LogP contribution >= 0.6 is 0 Å². The van der Waals surface area contributed by atoms with Crippen molar-refractivity contribution in [3.8, 4) is 0 Å². The highest BCUT2D eigenvalue weighted by Crippen LogP contribution is 2.40. The van der Waals surface area contributed by atoms with Crippen molar-refractivity contribution in [1.29, 1.82) is 0 Å². The zero-order valence-corrected chi connectivity index (χ0v) is 8.82. The fourth-order valence-electron chi connectivity index (χ4n) is 3.11. The second kappa shape index (κ2) is 3.32. The first kappa shape index (κ1) is 9.37. The smallest absolute Gasteiger partial charge is 0.0926 e. The molecular formula is C13H17NO. The first-order valence-electron chi connectivity index (χ1n) is 5.80. The predicted molar refractivity (Wildman–Crippen MR) is 59.5 cm³/mol. The van der Waals surface area contributed by atoms with Gasteiger partial charge in [-0.25, -0.2) is 0 Å². The second-order valence-electron chi connectivity index (χ2n) is 4.94. The van der Waals surface area contributed by atoms with Crippen molar-refractivity contribution in [2.45, 2.75) is 43.4 Å². The first-order chi connectivity index (χ1) is 7.26. The number of piperidine rings is 1. The summed E-state index contributed by atoms with van der Waals surface area (Å²) in [5, 5.41) is 14.2. The quantitative estimate of drug-likeness (QED) is 0.729. The Labute approximate surface area is 90.3 Å². The Hall–Kier alpha value is -0.860. The summed E-state index contributed by atoms with van der Waals surface area (Å²) in [4.78, 5) is 0. The van der Waals surface area contributed by atoms with Gasteiger partial charge < -0.3 is 10.4 Å². The summed E-state index contributed by atoms with van der Waals surface area (Å²) in [5.74, 6) is 0. The van der Waals surface area contributed by atoms with Crippen LogP contribution in [-0.4, -0.2) is 17.2 Å². The second-order valence-corrected chi connectivity index (χ2v) is 4.94. The zero-order valence-electron chi connectivity index (χ0n) is 8.82. The molecule has 80 valence electrons. The molecule has 0 aromatic heterocycles. The monoisotopic (exact) mass is 203 g/mol. The molecular weight excluding hydrogens is 186 g/mol. The first-order valence-corrected chi connectivity index (χ1v) is 5.80. The lowest BCUT2D eigenvalue weighted by atomic mass is 9.81. The van der Waals surface area contributed by atoms with Gasteiger partial charge in [0.1, 0.15) is 0 Å². The number of rotatable bonds is 1. The van der Waals surface area contributed by atoms with Gasteiger partial charge in [0.25, 0.3) is 0 Å². The molecule has 0 radical (unpaired) electrons. The molecule has 2 fully saturated rings. The molecule has 2 heteroatoms. The zero-order chi connectivity index (χ0) is 10.3. The van der Waals surface area contributed by atoms with E-state index in [1.807, 2.05) is 30.3 Å². The van der Waals surface area contributed by atoms with Gasteiger partial charge in [-0.05, 0) is 31.2 Å². The van der Waals surface area contributed by atoms with Gasteiger partial charge in [0, 0.05) is 12.1 Å².